The molecule has 0 spiro atoms. The summed E-state index contributed by atoms with van der Waals surface area (Å²) in [5.74, 6) is -0.312. The molecule has 0 aliphatic carbocycles. The second-order valence-electron chi connectivity index (χ2n) is 5.08. The zero-order chi connectivity index (χ0) is 14.2. The Bertz CT molecular complexity index is 227. The Balaban J connectivity index is 3.09. The smallest absolute Gasteiger partial charge is 0.324 e. The second kappa shape index (κ2) is 15.6. The van der Waals surface area contributed by atoms with Gasteiger partial charge in [0, 0.05) is 6.42 Å². The van der Waals surface area contributed by atoms with Crippen molar-refractivity contribution in [3.05, 3.63) is 12.2 Å². The van der Waals surface area contributed by atoms with Crippen LogP contribution in [0.4, 0.5) is 0 Å². The highest BCUT2D eigenvalue weighted by atomic mass is 35.5. The highest BCUT2D eigenvalue weighted by molar-refractivity contribution is 6.13. The summed E-state index contributed by atoms with van der Waals surface area (Å²) in [6.45, 7) is 2.24. The molecule has 0 fully saturated rings. The van der Waals surface area contributed by atoms with Crippen molar-refractivity contribution in [3.8, 4) is 0 Å². The number of halogens is 1. The first-order valence-electron chi connectivity index (χ1n) is 7.77. The molecule has 0 heterocycles. The molecule has 0 aliphatic rings. The molecule has 0 aliphatic heterocycles. The molecule has 19 heavy (non-hydrogen) atoms. The van der Waals surface area contributed by atoms with Gasteiger partial charge in [0.1, 0.15) is 11.9 Å². The minimum Gasteiger partial charge on any atom is -0.348 e. The molecule has 0 aromatic heterocycles. The summed E-state index contributed by atoms with van der Waals surface area (Å²) >= 11 is 4.95. The molecule has 0 N–H and O–H groups in total. The molecule has 2 nitrogen and oxygen atoms in total. The molecule has 0 radical (unpaired) electrons. The van der Waals surface area contributed by atoms with Gasteiger partial charge < -0.3 is 4.29 Å². The molecule has 0 saturated carbocycles. The van der Waals surface area contributed by atoms with E-state index >= 15 is 0 Å². The van der Waals surface area contributed by atoms with Gasteiger partial charge in [-0.1, -0.05) is 57.6 Å². The Morgan fingerprint density at radius 3 is 2.00 bits per heavy atom. The molecule has 112 valence electrons. The predicted octanol–water partition coefficient (Wildman–Crippen LogP) is 5.94. The summed E-state index contributed by atoms with van der Waals surface area (Å²) in [4.78, 5) is 10.7. The van der Waals surface area contributed by atoms with Gasteiger partial charge in [-0.25, -0.2) is 0 Å². The van der Waals surface area contributed by atoms with Crippen molar-refractivity contribution in [3.63, 3.8) is 0 Å². The molecular weight excluding hydrogens is 260 g/mol. The van der Waals surface area contributed by atoms with Gasteiger partial charge >= 0.3 is 5.97 Å². The van der Waals surface area contributed by atoms with Crippen LogP contribution in [0.15, 0.2) is 12.2 Å². The van der Waals surface area contributed by atoms with Crippen LogP contribution in [-0.2, 0) is 9.08 Å². The Morgan fingerprint density at radius 1 is 0.895 bits per heavy atom. The first kappa shape index (κ1) is 18.5. The summed E-state index contributed by atoms with van der Waals surface area (Å²) in [6, 6.07) is 0. The Labute approximate surface area is 123 Å². The topological polar surface area (TPSA) is 26.3 Å². The molecule has 3 heteroatoms. The normalized spacial score (nSPS) is 11.1. The summed E-state index contributed by atoms with van der Waals surface area (Å²) in [7, 11) is 0. The zero-order valence-corrected chi connectivity index (χ0v) is 13.1. The maximum absolute atomic E-state index is 10.7. The quantitative estimate of drug-likeness (QED) is 0.310. The van der Waals surface area contributed by atoms with E-state index in [1.54, 1.807) is 0 Å². The van der Waals surface area contributed by atoms with Crippen molar-refractivity contribution in [1.29, 1.82) is 0 Å². The van der Waals surface area contributed by atoms with Gasteiger partial charge in [0.15, 0.2) is 0 Å². The van der Waals surface area contributed by atoms with Crippen molar-refractivity contribution < 1.29 is 9.08 Å². The van der Waals surface area contributed by atoms with E-state index in [-0.39, 0.29) is 5.97 Å². The maximum atomic E-state index is 10.7. The van der Waals surface area contributed by atoms with Gasteiger partial charge in [0.25, 0.3) is 0 Å². The van der Waals surface area contributed by atoms with Crippen molar-refractivity contribution in [2.24, 2.45) is 0 Å². The van der Waals surface area contributed by atoms with E-state index in [1.807, 2.05) is 0 Å². The number of carbonyl (C=O) groups is 1. The fraction of sp³-hybridized carbons (Fsp3) is 0.812. The molecule has 0 unspecified atom stereocenters. The minimum atomic E-state index is -0.312. The largest absolute Gasteiger partial charge is 0.348 e. The fourth-order valence-electron chi connectivity index (χ4n) is 2.03. The van der Waals surface area contributed by atoms with Crippen LogP contribution >= 0.6 is 11.9 Å². The van der Waals surface area contributed by atoms with E-state index < -0.39 is 0 Å². The van der Waals surface area contributed by atoms with E-state index in [4.69, 9.17) is 11.9 Å². The third-order valence-electron chi connectivity index (χ3n) is 3.23. The van der Waals surface area contributed by atoms with E-state index in [1.165, 1.54) is 57.8 Å². The standard InChI is InChI=1S/C16H29ClO2/c1-2-3-4-5-6-7-8-9-10-11-12-13-14-15-16(18)19-17/h7-8H,2-6,9-15H2,1H3/b8-7-. The number of carbonyl (C=O) groups excluding carboxylic acids is 1. The van der Waals surface area contributed by atoms with Crippen molar-refractivity contribution >= 4 is 17.8 Å². The molecule has 0 atom stereocenters. The first-order chi connectivity index (χ1) is 9.31. The van der Waals surface area contributed by atoms with Crippen LogP contribution in [-0.4, -0.2) is 5.97 Å². The highest BCUT2D eigenvalue weighted by Gasteiger charge is 2.00. The lowest BCUT2D eigenvalue weighted by atomic mass is 10.1. The average molecular weight is 289 g/mol. The summed E-state index contributed by atoms with van der Waals surface area (Å²) in [6.07, 6.45) is 18.6. The third kappa shape index (κ3) is 15.4. The van der Waals surface area contributed by atoms with Gasteiger partial charge in [-0.15, -0.1) is 0 Å². The van der Waals surface area contributed by atoms with Gasteiger partial charge in [0.05, 0.1) is 0 Å². The molecule has 0 bridgehead atoms. The van der Waals surface area contributed by atoms with E-state index in [0.717, 1.165) is 12.8 Å². The van der Waals surface area contributed by atoms with Crippen LogP contribution in [0.1, 0.15) is 84.0 Å². The van der Waals surface area contributed by atoms with E-state index in [9.17, 15) is 4.79 Å². The monoisotopic (exact) mass is 288 g/mol. The lowest BCUT2D eigenvalue weighted by Crippen LogP contribution is -1.95. The van der Waals surface area contributed by atoms with Gasteiger partial charge in [-0.2, -0.15) is 0 Å². The van der Waals surface area contributed by atoms with E-state index in [2.05, 4.69) is 23.4 Å². The van der Waals surface area contributed by atoms with Crippen LogP contribution in [0, 0.1) is 0 Å². The third-order valence-corrected chi connectivity index (χ3v) is 3.40. The number of rotatable bonds is 13. The highest BCUT2D eigenvalue weighted by Crippen LogP contribution is 2.09. The molecule has 0 aromatic carbocycles. The van der Waals surface area contributed by atoms with Crippen LogP contribution in [0.2, 0.25) is 0 Å². The maximum Gasteiger partial charge on any atom is 0.324 e. The Kier molecular flexibility index (Phi) is 15.1. The van der Waals surface area contributed by atoms with Crippen LogP contribution in [0.5, 0.6) is 0 Å². The first-order valence-corrected chi connectivity index (χ1v) is 8.08. The molecule has 0 rings (SSSR count). The van der Waals surface area contributed by atoms with E-state index in [0.29, 0.717) is 6.42 Å². The minimum absolute atomic E-state index is 0.312. The molecule has 0 amide bonds. The van der Waals surface area contributed by atoms with Crippen molar-refractivity contribution in [2.45, 2.75) is 84.0 Å². The summed E-state index contributed by atoms with van der Waals surface area (Å²) < 4.78 is 4.08. The fourth-order valence-corrected chi connectivity index (χ4v) is 2.10. The number of hydrogen-bond donors (Lipinski definition) is 0. The Morgan fingerprint density at radius 2 is 1.42 bits per heavy atom. The number of unbranched alkanes of at least 4 members (excludes halogenated alkanes) is 9. The number of allylic oxidation sites excluding steroid dienone is 2. The predicted molar refractivity (Wildman–Crippen MR) is 82.2 cm³/mol. The van der Waals surface area contributed by atoms with Crippen molar-refractivity contribution in [2.75, 3.05) is 0 Å². The van der Waals surface area contributed by atoms with Gasteiger partial charge in [-0.3, -0.25) is 4.79 Å². The lowest BCUT2D eigenvalue weighted by molar-refractivity contribution is -0.134. The Hall–Kier alpha value is -0.500. The van der Waals surface area contributed by atoms with Crippen LogP contribution in [0.3, 0.4) is 0 Å². The van der Waals surface area contributed by atoms with Crippen LogP contribution in [0.25, 0.3) is 0 Å². The molecular formula is C16H29ClO2. The molecule has 0 aromatic rings. The SMILES string of the molecule is CCCCCC/C=C\CCCCCCCC(=O)OCl. The van der Waals surface area contributed by atoms with Gasteiger partial charge in [0.2, 0.25) is 0 Å². The second-order valence-corrected chi connectivity index (χ2v) is 5.23. The van der Waals surface area contributed by atoms with Crippen LogP contribution < -0.4 is 0 Å². The van der Waals surface area contributed by atoms with Gasteiger partial charge in [-0.05, 0) is 32.1 Å². The van der Waals surface area contributed by atoms with Crippen molar-refractivity contribution in [1.82, 2.24) is 0 Å². The molecule has 0 saturated heterocycles. The number of hydrogen-bond acceptors (Lipinski definition) is 2. The lowest BCUT2D eigenvalue weighted by Gasteiger charge is -1.99. The average Bonchev–Trinajstić information content (AvgIpc) is 2.43. The zero-order valence-electron chi connectivity index (χ0n) is 12.3. The summed E-state index contributed by atoms with van der Waals surface area (Å²) in [5, 5.41) is 0. The summed E-state index contributed by atoms with van der Waals surface area (Å²) in [5.41, 5.74) is 0.